The highest BCUT2D eigenvalue weighted by Gasteiger charge is 2.21. The maximum atomic E-state index is 12.6. The molecule has 2 heterocycles. The normalized spacial score (nSPS) is 14.1. The summed E-state index contributed by atoms with van der Waals surface area (Å²) in [5.41, 5.74) is 0.832. The maximum Gasteiger partial charge on any atom is 0.246 e. The van der Waals surface area contributed by atoms with Crippen molar-refractivity contribution in [2.24, 2.45) is 0 Å². The Balaban J connectivity index is 1.38. The highest BCUT2D eigenvalue weighted by Crippen LogP contribution is 2.24. The first-order valence-corrected chi connectivity index (χ1v) is 10.5. The minimum atomic E-state index is -0.0217. The van der Waals surface area contributed by atoms with Crippen molar-refractivity contribution in [3.63, 3.8) is 0 Å². The third kappa shape index (κ3) is 5.41. The molecule has 6 nitrogen and oxygen atoms in total. The molecule has 0 spiro atoms. The van der Waals surface area contributed by atoms with Gasteiger partial charge in [-0.15, -0.1) is 0 Å². The molecule has 4 rings (SSSR count). The number of anilines is 1. The monoisotopic (exact) mass is 434 g/mol. The van der Waals surface area contributed by atoms with Crippen LogP contribution in [-0.4, -0.2) is 47.0 Å². The minimum Gasteiger partial charge on any atom is -0.439 e. The zero-order valence-corrected chi connectivity index (χ0v) is 18.0. The first kappa shape index (κ1) is 20.9. The molecule has 2 aromatic carbocycles. The molecule has 1 aromatic heterocycles. The second kappa shape index (κ2) is 9.62. The van der Waals surface area contributed by atoms with Crippen LogP contribution in [0.5, 0.6) is 11.6 Å². The lowest BCUT2D eigenvalue weighted by molar-refractivity contribution is -0.126. The van der Waals surface area contributed by atoms with Gasteiger partial charge in [-0.1, -0.05) is 48.0 Å². The van der Waals surface area contributed by atoms with Crippen molar-refractivity contribution in [3.8, 4) is 11.6 Å². The quantitative estimate of drug-likeness (QED) is 0.549. The van der Waals surface area contributed by atoms with Gasteiger partial charge < -0.3 is 14.5 Å². The number of amides is 1. The molecule has 0 atom stereocenters. The standard InChI is InChI=1S/C24H23ClN4O2/c1-18-26-22(17-23(27-18)31-20-8-3-2-4-9-20)28-13-15-29(16-14-28)24(30)12-11-19-7-5-6-10-21(19)25/h2-12,17H,13-16H2,1H3/b12-11+. The summed E-state index contributed by atoms with van der Waals surface area (Å²) in [6.45, 7) is 4.45. The van der Waals surface area contributed by atoms with Crippen molar-refractivity contribution in [2.45, 2.75) is 6.92 Å². The van der Waals surface area contributed by atoms with Crippen molar-refractivity contribution >= 4 is 29.4 Å². The summed E-state index contributed by atoms with van der Waals surface area (Å²) in [6.07, 6.45) is 3.34. The Morgan fingerprint density at radius 1 is 1.00 bits per heavy atom. The van der Waals surface area contributed by atoms with Gasteiger partial charge in [-0.05, 0) is 36.8 Å². The molecule has 1 saturated heterocycles. The predicted octanol–water partition coefficient (Wildman–Crippen LogP) is 4.59. The number of carbonyl (C=O) groups excluding carboxylic acids is 1. The molecular weight excluding hydrogens is 412 g/mol. The minimum absolute atomic E-state index is 0.0217. The first-order chi connectivity index (χ1) is 15.1. The third-order valence-electron chi connectivity index (χ3n) is 4.99. The van der Waals surface area contributed by atoms with Gasteiger partial charge in [0.25, 0.3) is 0 Å². The number of benzene rings is 2. The number of ether oxygens (including phenoxy) is 1. The molecule has 1 amide bonds. The fourth-order valence-corrected chi connectivity index (χ4v) is 3.58. The molecule has 0 N–H and O–H groups in total. The topological polar surface area (TPSA) is 58.6 Å². The molecule has 1 aliphatic rings. The van der Waals surface area contributed by atoms with Crippen molar-refractivity contribution in [3.05, 3.63) is 83.2 Å². The van der Waals surface area contributed by atoms with Crippen LogP contribution in [0.2, 0.25) is 5.02 Å². The van der Waals surface area contributed by atoms with E-state index >= 15 is 0 Å². The highest BCUT2D eigenvalue weighted by atomic mass is 35.5. The van der Waals surface area contributed by atoms with Crippen molar-refractivity contribution in [1.29, 1.82) is 0 Å². The maximum absolute atomic E-state index is 12.6. The number of aryl methyl sites for hydroxylation is 1. The number of carbonyl (C=O) groups is 1. The molecule has 0 radical (unpaired) electrons. The summed E-state index contributed by atoms with van der Waals surface area (Å²) in [5.74, 6) is 2.66. The van der Waals surface area contributed by atoms with E-state index in [1.807, 2.05) is 72.5 Å². The Kier molecular flexibility index (Phi) is 6.48. The molecule has 31 heavy (non-hydrogen) atoms. The summed E-state index contributed by atoms with van der Waals surface area (Å²) in [6, 6.07) is 18.8. The molecular formula is C24H23ClN4O2. The number of rotatable bonds is 5. The second-order valence-corrected chi connectivity index (χ2v) is 7.60. The van der Waals surface area contributed by atoms with E-state index in [1.165, 1.54) is 0 Å². The van der Waals surface area contributed by atoms with E-state index in [9.17, 15) is 4.79 Å². The lowest BCUT2D eigenvalue weighted by atomic mass is 10.2. The van der Waals surface area contributed by atoms with Crippen molar-refractivity contribution in [1.82, 2.24) is 14.9 Å². The lowest BCUT2D eigenvalue weighted by Crippen LogP contribution is -2.48. The number of hydrogen-bond acceptors (Lipinski definition) is 5. The average molecular weight is 435 g/mol. The Morgan fingerprint density at radius 3 is 2.45 bits per heavy atom. The molecule has 158 valence electrons. The molecule has 0 saturated carbocycles. The SMILES string of the molecule is Cc1nc(Oc2ccccc2)cc(N2CCN(C(=O)/C=C/c3ccccc3Cl)CC2)n1. The summed E-state index contributed by atoms with van der Waals surface area (Å²) in [5, 5.41) is 0.629. The van der Waals surface area contributed by atoms with E-state index in [1.54, 1.807) is 12.2 Å². The number of hydrogen-bond donors (Lipinski definition) is 0. The van der Waals surface area contributed by atoms with E-state index in [4.69, 9.17) is 16.3 Å². The van der Waals surface area contributed by atoms with Gasteiger partial charge >= 0.3 is 0 Å². The van der Waals surface area contributed by atoms with Gasteiger partial charge in [0, 0.05) is 43.3 Å². The molecule has 3 aromatic rings. The Hall–Kier alpha value is -3.38. The van der Waals surface area contributed by atoms with Crippen LogP contribution in [-0.2, 0) is 4.79 Å². The Bertz CT molecular complexity index is 1080. The van der Waals surface area contributed by atoms with Crippen LogP contribution in [0.15, 0.2) is 66.7 Å². The van der Waals surface area contributed by atoms with Crippen LogP contribution in [0, 0.1) is 6.92 Å². The lowest BCUT2D eigenvalue weighted by Gasteiger charge is -2.35. The summed E-state index contributed by atoms with van der Waals surface area (Å²) in [4.78, 5) is 25.5. The summed E-state index contributed by atoms with van der Waals surface area (Å²) >= 11 is 6.15. The van der Waals surface area contributed by atoms with Gasteiger partial charge in [0.05, 0.1) is 0 Å². The highest BCUT2D eigenvalue weighted by molar-refractivity contribution is 6.32. The van der Waals surface area contributed by atoms with E-state index < -0.39 is 0 Å². The van der Waals surface area contributed by atoms with Crippen LogP contribution in [0.3, 0.4) is 0 Å². The number of aromatic nitrogens is 2. The van der Waals surface area contributed by atoms with Gasteiger partial charge in [0.1, 0.15) is 17.4 Å². The fourth-order valence-electron chi connectivity index (χ4n) is 3.38. The smallest absolute Gasteiger partial charge is 0.246 e. The molecule has 1 aliphatic heterocycles. The van der Waals surface area contributed by atoms with Gasteiger partial charge in [-0.25, -0.2) is 4.98 Å². The average Bonchev–Trinajstić information content (AvgIpc) is 2.79. The van der Waals surface area contributed by atoms with Gasteiger partial charge in [0.2, 0.25) is 11.8 Å². The number of halogens is 1. The second-order valence-electron chi connectivity index (χ2n) is 7.19. The predicted molar refractivity (Wildman–Crippen MR) is 123 cm³/mol. The van der Waals surface area contributed by atoms with Crippen LogP contribution >= 0.6 is 11.6 Å². The Morgan fingerprint density at radius 2 is 1.71 bits per heavy atom. The zero-order chi connectivity index (χ0) is 21.6. The van der Waals surface area contributed by atoms with Crippen LogP contribution in [0.4, 0.5) is 5.82 Å². The van der Waals surface area contributed by atoms with E-state index in [-0.39, 0.29) is 5.91 Å². The van der Waals surface area contributed by atoms with E-state index in [0.717, 1.165) is 17.1 Å². The van der Waals surface area contributed by atoms with Gasteiger partial charge in [-0.2, -0.15) is 4.98 Å². The molecule has 0 unspecified atom stereocenters. The van der Waals surface area contributed by atoms with E-state index in [0.29, 0.717) is 42.9 Å². The first-order valence-electron chi connectivity index (χ1n) is 10.1. The van der Waals surface area contributed by atoms with Crippen LogP contribution in [0.25, 0.3) is 6.08 Å². The van der Waals surface area contributed by atoms with Crippen LogP contribution < -0.4 is 9.64 Å². The number of para-hydroxylation sites is 1. The largest absolute Gasteiger partial charge is 0.439 e. The molecule has 0 bridgehead atoms. The Labute approximate surface area is 186 Å². The van der Waals surface area contributed by atoms with Gasteiger partial charge in [0.15, 0.2) is 0 Å². The molecule has 1 fully saturated rings. The van der Waals surface area contributed by atoms with Crippen molar-refractivity contribution in [2.75, 3.05) is 31.1 Å². The molecule has 0 aliphatic carbocycles. The number of nitrogens with zero attached hydrogens (tertiary/aromatic N) is 4. The van der Waals surface area contributed by atoms with Gasteiger partial charge in [-0.3, -0.25) is 4.79 Å². The van der Waals surface area contributed by atoms with Crippen LogP contribution in [0.1, 0.15) is 11.4 Å². The third-order valence-corrected chi connectivity index (χ3v) is 5.34. The van der Waals surface area contributed by atoms with Crippen molar-refractivity contribution < 1.29 is 9.53 Å². The summed E-state index contributed by atoms with van der Waals surface area (Å²) in [7, 11) is 0. The van der Waals surface area contributed by atoms with E-state index in [2.05, 4.69) is 14.9 Å². The zero-order valence-electron chi connectivity index (χ0n) is 17.2. The summed E-state index contributed by atoms with van der Waals surface area (Å²) < 4.78 is 5.87. The fraction of sp³-hybridized carbons (Fsp3) is 0.208. The molecule has 7 heteroatoms. The number of piperazine rings is 1.